The normalized spacial score (nSPS) is 15.6. The lowest BCUT2D eigenvalue weighted by molar-refractivity contribution is -0.137. The van der Waals surface area contributed by atoms with Gasteiger partial charge in [0.1, 0.15) is 0 Å². The summed E-state index contributed by atoms with van der Waals surface area (Å²) < 4.78 is 0. The van der Waals surface area contributed by atoms with Gasteiger partial charge in [-0.3, -0.25) is 14.4 Å². The molecule has 19 heavy (non-hydrogen) atoms. The molecule has 0 spiro atoms. The second-order valence-electron chi connectivity index (χ2n) is 5.08. The molecule has 0 aromatic carbocycles. The molecule has 0 aromatic rings. The van der Waals surface area contributed by atoms with E-state index in [0.29, 0.717) is 39.1 Å². The van der Waals surface area contributed by atoms with E-state index in [1.54, 1.807) is 14.7 Å². The number of hydrogen-bond acceptors (Lipinski definition) is 3. The van der Waals surface area contributed by atoms with Crippen molar-refractivity contribution in [2.75, 3.05) is 32.7 Å². The number of carbonyl (C=O) groups excluding carboxylic acids is 3. The Hall–Kier alpha value is -1.59. The molecule has 1 aliphatic heterocycles. The van der Waals surface area contributed by atoms with Gasteiger partial charge in [-0.1, -0.05) is 0 Å². The smallest absolute Gasteiger partial charge is 0.224 e. The molecule has 0 radical (unpaired) electrons. The summed E-state index contributed by atoms with van der Waals surface area (Å²) in [5.41, 5.74) is 0. The van der Waals surface area contributed by atoms with Crippen LogP contribution in [-0.2, 0) is 14.4 Å². The lowest BCUT2D eigenvalue weighted by atomic mass is 10.2. The molecule has 0 atom stereocenters. The first-order valence-electron chi connectivity index (χ1n) is 6.70. The van der Waals surface area contributed by atoms with Crippen molar-refractivity contribution in [3.63, 3.8) is 0 Å². The largest absolute Gasteiger partial charge is 0.342 e. The van der Waals surface area contributed by atoms with Crippen LogP contribution < -0.4 is 0 Å². The van der Waals surface area contributed by atoms with Gasteiger partial charge in [-0.2, -0.15) is 0 Å². The highest BCUT2D eigenvalue weighted by atomic mass is 16.2. The van der Waals surface area contributed by atoms with E-state index in [1.165, 1.54) is 6.92 Å². The van der Waals surface area contributed by atoms with Gasteiger partial charge in [-0.15, -0.1) is 0 Å². The van der Waals surface area contributed by atoms with Crippen LogP contribution in [-0.4, -0.2) is 71.7 Å². The Morgan fingerprint density at radius 3 is 2.21 bits per heavy atom. The number of piperazine rings is 1. The van der Waals surface area contributed by atoms with Gasteiger partial charge in [0.25, 0.3) is 0 Å². The van der Waals surface area contributed by atoms with Gasteiger partial charge in [-0.05, 0) is 13.8 Å². The highest BCUT2D eigenvalue weighted by Gasteiger charge is 2.21. The van der Waals surface area contributed by atoms with Gasteiger partial charge < -0.3 is 14.7 Å². The van der Waals surface area contributed by atoms with Crippen molar-refractivity contribution in [1.82, 2.24) is 14.7 Å². The molecule has 0 saturated carbocycles. The monoisotopic (exact) mass is 269 g/mol. The van der Waals surface area contributed by atoms with Gasteiger partial charge in [-0.25, -0.2) is 0 Å². The summed E-state index contributed by atoms with van der Waals surface area (Å²) >= 11 is 0. The number of nitrogens with zero attached hydrogens (tertiary/aromatic N) is 3. The third-order valence-corrected chi connectivity index (χ3v) is 3.41. The zero-order valence-corrected chi connectivity index (χ0v) is 12.0. The predicted molar refractivity (Wildman–Crippen MR) is 71.4 cm³/mol. The summed E-state index contributed by atoms with van der Waals surface area (Å²) in [5, 5.41) is 0. The second kappa shape index (κ2) is 7.11. The summed E-state index contributed by atoms with van der Waals surface area (Å²) in [6.07, 6.45) is 1.16. The average molecular weight is 269 g/mol. The Balaban J connectivity index is 2.39. The van der Waals surface area contributed by atoms with Crippen molar-refractivity contribution >= 4 is 18.2 Å². The standard InChI is InChI=1S/C13H23N3O3/c1-11(2)16(12(3)18)5-4-13(19)15-8-6-14(10-17)7-9-15/h10-11H,4-9H2,1-3H3. The summed E-state index contributed by atoms with van der Waals surface area (Å²) in [5.74, 6) is 0.0472. The molecule has 6 heteroatoms. The minimum Gasteiger partial charge on any atom is -0.342 e. The van der Waals surface area contributed by atoms with Crippen LogP contribution in [0, 0.1) is 0 Å². The van der Waals surface area contributed by atoms with Crippen LogP contribution >= 0.6 is 0 Å². The van der Waals surface area contributed by atoms with Crippen LogP contribution in [0.4, 0.5) is 0 Å². The zero-order chi connectivity index (χ0) is 14.4. The highest BCUT2D eigenvalue weighted by Crippen LogP contribution is 2.05. The Labute approximate surface area is 114 Å². The lowest BCUT2D eigenvalue weighted by Gasteiger charge is -2.33. The zero-order valence-electron chi connectivity index (χ0n) is 12.0. The quantitative estimate of drug-likeness (QED) is 0.657. The van der Waals surface area contributed by atoms with Crippen molar-refractivity contribution < 1.29 is 14.4 Å². The van der Waals surface area contributed by atoms with E-state index in [0.717, 1.165) is 6.41 Å². The van der Waals surface area contributed by atoms with E-state index < -0.39 is 0 Å². The topological polar surface area (TPSA) is 60.9 Å². The third-order valence-electron chi connectivity index (χ3n) is 3.41. The van der Waals surface area contributed by atoms with Crippen LogP contribution in [0.25, 0.3) is 0 Å². The number of rotatable bonds is 5. The van der Waals surface area contributed by atoms with Crippen molar-refractivity contribution in [2.45, 2.75) is 33.2 Å². The highest BCUT2D eigenvalue weighted by molar-refractivity contribution is 5.78. The summed E-state index contributed by atoms with van der Waals surface area (Å²) in [6, 6.07) is 0.109. The van der Waals surface area contributed by atoms with Crippen LogP contribution in [0.2, 0.25) is 0 Å². The molecule has 0 bridgehead atoms. The van der Waals surface area contributed by atoms with Crippen LogP contribution in [0.3, 0.4) is 0 Å². The van der Waals surface area contributed by atoms with Gasteiger partial charge >= 0.3 is 0 Å². The van der Waals surface area contributed by atoms with Crippen molar-refractivity contribution in [3.05, 3.63) is 0 Å². The van der Waals surface area contributed by atoms with E-state index in [-0.39, 0.29) is 17.9 Å². The molecular weight excluding hydrogens is 246 g/mol. The molecule has 1 saturated heterocycles. The molecule has 0 N–H and O–H groups in total. The van der Waals surface area contributed by atoms with Crippen LogP contribution in [0.15, 0.2) is 0 Å². The number of carbonyl (C=O) groups is 3. The van der Waals surface area contributed by atoms with E-state index in [9.17, 15) is 14.4 Å². The molecule has 3 amide bonds. The summed E-state index contributed by atoms with van der Waals surface area (Å²) in [6.45, 7) is 8.21. The predicted octanol–water partition coefficient (Wildman–Crippen LogP) is -0.0660. The van der Waals surface area contributed by atoms with Crippen molar-refractivity contribution in [3.8, 4) is 0 Å². The fourth-order valence-electron chi connectivity index (χ4n) is 2.23. The maximum Gasteiger partial charge on any atom is 0.224 e. The molecule has 0 aromatic heterocycles. The minimum absolute atomic E-state index is 0.00595. The third kappa shape index (κ3) is 4.54. The van der Waals surface area contributed by atoms with Crippen molar-refractivity contribution in [2.24, 2.45) is 0 Å². The molecule has 6 nitrogen and oxygen atoms in total. The summed E-state index contributed by atoms with van der Waals surface area (Å²) in [4.78, 5) is 39.1. The van der Waals surface area contributed by atoms with E-state index in [1.807, 2.05) is 13.8 Å². The van der Waals surface area contributed by atoms with Gasteiger partial charge in [0, 0.05) is 52.1 Å². The Bertz CT molecular complexity index is 336. The molecule has 0 unspecified atom stereocenters. The van der Waals surface area contributed by atoms with E-state index in [4.69, 9.17) is 0 Å². The molecule has 1 fully saturated rings. The average Bonchev–Trinajstić information content (AvgIpc) is 2.38. The molecular formula is C13H23N3O3. The number of hydrogen-bond donors (Lipinski definition) is 0. The molecule has 1 rings (SSSR count). The van der Waals surface area contributed by atoms with Crippen LogP contribution in [0.5, 0.6) is 0 Å². The van der Waals surface area contributed by atoms with Gasteiger partial charge in [0.2, 0.25) is 18.2 Å². The lowest BCUT2D eigenvalue weighted by Crippen LogP contribution is -2.49. The first-order valence-corrected chi connectivity index (χ1v) is 6.70. The first-order chi connectivity index (χ1) is 8.95. The first kappa shape index (κ1) is 15.5. The summed E-state index contributed by atoms with van der Waals surface area (Å²) in [7, 11) is 0. The minimum atomic E-state index is -0.00595. The van der Waals surface area contributed by atoms with Crippen molar-refractivity contribution in [1.29, 1.82) is 0 Å². The van der Waals surface area contributed by atoms with Crippen LogP contribution in [0.1, 0.15) is 27.2 Å². The maximum absolute atomic E-state index is 12.0. The van der Waals surface area contributed by atoms with Gasteiger partial charge in [0.15, 0.2) is 0 Å². The van der Waals surface area contributed by atoms with Gasteiger partial charge in [0.05, 0.1) is 0 Å². The molecule has 1 aliphatic rings. The maximum atomic E-state index is 12.0. The Morgan fingerprint density at radius 1 is 1.21 bits per heavy atom. The fourth-order valence-corrected chi connectivity index (χ4v) is 2.23. The number of amides is 3. The van der Waals surface area contributed by atoms with E-state index in [2.05, 4.69) is 0 Å². The Morgan fingerprint density at radius 2 is 1.79 bits per heavy atom. The van der Waals surface area contributed by atoms with E-state index >= 15 is 0 Å². The SMILES string of the molecule is CC(=O)N(CCC(=O)N1CCN(C=O)CC1)C(C)C. The Kier molecular flexibility index (Phi) is 5.79. The molecule has 1 heterocycles. The second-order valence-corrected chi connectivity index (χ2v) is 5.08. The fraction of sp³-hybridized carbons (Fsp3) is 0.769. The molecule has 0 aliphatic carbocycles. The molecule has 108 valence electrons.